The minimum absolute atomic E-state index is 0.546. The van der Waals surface area contributed by atoms with Gasteiger partial charge in [0, 0.05) is 25.2 Å². The third-order valence-corrected chi connectivity index (χ3v) is 4.63. The SMILES string of the molecule is C[Si](C)(C)C#CCCc1cn2cccc(OCc3ccccc3)c2n1. The second-order valence-electron chi connectivity index (χ2n) is 7.16. The molecule has 3 aromatic rings. The number of hydrogen-bond acceptors (Lipinski definition) is 2. The lowest BCUT2D eigenvalue weighted by Crippen LogP contribution is -2.16. The first-order valence-corrected chi connectivity index (χ1v) is 12.1. The molecule has 0 saturated heterocycles. The van der Waals surface area contributed by atoms with Crippen LogP contribution in [0.4, 0.5) is 0 Å². The van der Waals surface area contributed by atoms with E-state index >= 15 is 0 Å². The van der Waals surface area contributed by atoms with E-state index in [9.17, 15) is 0 Å². The quantitative estimate of drug-likeness (QED) is 0.492. The van der Waals surface area contributed by atoms with Gasteiger partial charge in [-0.2, -0.15) is 0 Å². The molecular weight excluding hydrogens is 324 g/mol. The highest BCUT2D eigenvalue weighted by molar-refractivity contribution is 6.83. The molecule has 0 aliphatic carbocycles. The van der Waals surface area contributed by atoms with Crippen LogP contribution in [0.1, 0.15) is 17.7 Å². The molecule has 128 valence electrons. The van der Waals surface area contributed by atoms with Gasteiger partial charge in [-0.05, 0) is 17.7 Å². The topological polar surface area (TPSA) is 26.5 Å². The van der Waals surface area contributed by atoms with Crippen molar-refractivity contribution in [3.05, 3.63) is 66.1 Å². The van der Waals surface area contributed by atoms with E-state index in [1.807, 2.05) is 40.9 Å². The second kappa shape index (κ2) is 7.58. The molecule has 0 atom stereocenters. The fourth-order valence-electron chi connectivity index (χ4n) is 2.52. The Labute approximate surface area is 150 Å². The largest absolute Gasteiger partial charge is 0.485 e. The smallest absolute Gasteiger partial charge is 0.179 e. The Morgan fingerprint density at radius 1 is 1.08 bits per heavy atom. The Balaban J connectivity index is 1.70. The summed E-state index contributed by atoms with van der Waals surface area (Å²) in [6.07, 6.45) is 5.81. The maximum absolute atomic E-state index is 5.98. The van der Waals surface area contributed by atoms with E-state index in [0.717, 1.165) is 35.5 Å². The van der Waals surface area contributed by atoms with E-state index in [-0.39, 0.29) is 0 Å². The Kier molecular flexibility index (Phi) is 5.25. The molecule has 0 amide bonds. The van der Waals surface area contributed by atoms with Crippen molar-refractivity contribution >= 4 is 13.7 Å². The molecule has 3 nitrogen and oxygen atoms in total. The molecule has 2 aromatic heterocycles. The predicted octanol–water partition coefficient (Wildman–Crippen LogP) is 4.73. The maximum atomic E-state index is 5.98. The van der Waals surface area contributed by atoms with Crippen LogP contribution in [-0.4, -0.2) is 17.5 Å². The van der Waals surface area contributed by atoms with Gasteiger partial charge in [-0.15, -0.1) is 11.5 Å². The van der Waals surface area contributed by atoms with Gasteiger partial charge in [0.05, 0.1) is 5.69 Å². The van der Waals surface area contributed by atoms with E-state index in [2.05, 4.69) is 49.4 Å². The van der Waals surface area contributed by atoms with Crippen LogP contribution in [0.5, 0.6) is 5.75 Å². The van der Waals surface area contributed by atoms with Gasteiger partial charge in [0.2, 0.25) is 0 Å². The Hall–Kier alpha value is -2.51. The molecule has 4 heteroatoms. The first-order valence-electron chi connectivity index (χ1n) is 8.65. The highest BCUT2D eigenvalue weighted by atomic mass is 28.3. The molecular formula is C21H24N2OSi. The van der Waals surface area contributed by atoms with Gasteiger partial charge in [0.25, 0.3) is 0 Å². The van der Waals surface area contributed by atoms with Gasteiger partial charge in [0.1, 0.15) is 14.7 Å². The molecule has 0 aliphatic rings. The number of fused-ring (bicyclic) bond motifs is 1. The molecule has 0 unspecified atom stereocenters. The summed E-state index contributed by atoms with van der Waals surface area (Å²) in [5.74, 6) is 4.12. The first-order chi connectivity index (χ1) is 12.0. The average molecular weight is 349 g/mol. The van der Waals surface area contributed by atoms with Crippen molar-refractivity contribution in [1.82, 2.24) is 9.38 Å². The number of aromatic nitrogens is 2. The molecule has 0 fully saturated rings. The molecule has 0 saturated carbocycles. The normalized spacial score (nSPS) is 11.2. The van der Waals surface area contributed by atoms with E-state index < -0.39 is 8.07 Å². The first kappa shape index (κ1) is 17.3. The number of hydrogen-bond donors (Lipinski definition) is 0. The minimum Gasteiger partial charge on any atom is -0.485 e. The van der Waals surface area contributed by atoms with Gasteiger partial charge in [-0.25, -0.2) is 4.98 Å². The monoisotopic (exact) mass is 348 g/mol. The molecule has 1 aromatic carbocycles. The number of ether oxygens (including phenoxy) is 1. The van der Waals surface area contributed by atoms with Crippen LogP contribution in [0.25, 0.3) is 5.65 Å². The van der Waals surface area contributed by atoms with E-state index in [1.165, 1.54) is 0 Å². The molecule has 0 spiro atoms. The summed E-state index contributed by atoms with van der Waals surface area (Å²) in [5, 5.41) is 0. The lowest BCUT2D eigenvalue weighted by atomic mass is 10.2. The number of imidazole rings is 1. The number of rotatable bonds is 5. The lowest BCUT2D eigenvalue weighted by molar-refractivity contribution is 0.308. The van der Waals surface area contributed by atoms with Crippen LogP contribution in [0.15, 0.2) is 54.9 Å². The zero-order chi connectivity index (χ0) is 17.7. The molecule has 2 heterocycles. The molecule has 0 radical (unpaired) electrons. The predicted molar refractivity (Wildman–Crippen MR) is 105 cm³/mol. The zero-order valence-corrected chi connectivity index (χ0v) is 16.1. The number of pyridine rings is 1. The Morgan fingerprint density at radius 2 is 1.88 bits per heavy atom. The Bertz CT molecular complexity index is 898. The summed E-state index contributed by atoms with van der Waals surface area (Å²) < 4.78 is 8.01. The lowest BCUT2D eigenvalue weighted by Gasteiger charge is -2.07. The third-order valence-electron chi connectivity index (χ3n) is 3.70. The zero-order valence-electron chi connectivity index (χ0n) is 15.1. The van der Waals surface area contributed by atoms with Crippen LogP contribution >= 0.6 is 0 Å². The molecule has 3 rings (SSSR count). The van der Waals surface area contributed by atoms with Crippen molar-refractivity contribution in [3.63, 3.8) is 0 Å². The van der Waals surface area contributed by atoms with Crippen molar-refractivity contribution in [2.45, 2.75) is 39.1 Å². The van der Waals surface area contributed by atoms with Crippen LogP contribution in [0.2, 0.25) is 19.6 Å². The fraction of sp³-hybridized carbons (Fsp3) is 0.286. The van der Waals surface area contributed by atoms with Crippen LogP contribution in [0, 0.1) is 11.5 Å². The van der Waals surface area contributed by atoms with E-state index in [0.29, 0.717) is 6.61 Å². The number of aryl methyl sites for hydroxylation is 1. The summed E-state index contributed by atoms with van der Waals surface area (Å²) in [6, 6.07) is 14.1. The van der Waals surface area contributed by atoms with Gasteiger partial charge in [0.15, 0.2) is 11.4 Å². The molecule has 0 aliphatic heterocycles. The summed E-state index contributed by atoms with van der Waals surface area (Å²) in [4.78, 5) is 4.74. The van der Waals surface area contributed by atoms with Crippen molar-refractivity contribution < 1.29 is 4.74 Å². The van der Waals surface area contributed by atoms with Crippen LogP contribution < -0.4 is 4.74 Å². The van der Waals surface area contributed by atoms with Crippen LogP contribution in [-0.2, 0) is 13.0 Å². The van der Waals surface area contributed by atoms with Crippen molar-refractivity contribution in [2.75, 3.05) is 0 Å². The fourth-order valence-corrected chi connectivity index (χ4v) is 3.18. The minimum atomic E-state index is -1.29. The van der Waals surface area contributed by atoms with Gasteiger partial charge < -0.3 is 9.14 Å². The summed E-state index contributed by atoms with van der Waals surface area (Å²) >= 11 is 0. The molecule has 0 bridgehead atoms. The van der Waals surface area contributed by atoms with Crippen molar-refractivity contribution in [3.8, 4) is 17.2 Å². The second-order valence-corrected chi connectivity index (χ2v) is 11.9. The summed E-state index contributed by atoms with van der Waals surface area (Å²) in [6.45, 7) is 7.34. The number of benzene rings is 1. The van der Waals surface area contributed by atoms with Gasteiger partial charge in [-0.1, -0.05) is 50.0 Å². The van der Waals surface area contributed by atoms with E-state index in [1.54, 1.807) is 0 Å². The maximum Gasteiger partial charge on any atom is 0.179 e. The highest BCUT2D eigenvalue weighted by Crippen LogP contribution is 2.20. The Morgan fingerprint density at radius 3 is 2.64 bits per heavy atom. The number of nitrogens with zero attached hydrogens (tertiary/aromatic N) is 2. The van der Waals surface area contributed by atoms with Gasteiger partial charge >= 0.3 is 0 Å². The third kappa shape index (κ3) is 4.98. The molecule has 0 N–H and O–H groups in total. The van der Waals surface area contributed by atoms with Gasteiger partial charge in [-0.3, -0.25) is 0 Å². The highest BCUT2D eigenvalue weighted by Gasteiger charge is 2.09. The standard InChI is InChI=1S/C21H24N2OSi/c1-25(2,3)15-8-7-12-19-16-23-14-9-13-20(21(23)22-19)24-17-18-10-5-4-6-11-18/h4-6,9-11,13-14,16H,7,12,17H2,1-3H3. The van der Waals surface area contributed by atoms with Crippen molar-refractivity contribution in [1.29, 1.82) is 0 Å². The van der Waals surface area contributed by atoms with E-state index in [4.69, 9.17) is 9.72 Å². The summed E-state index contributed by atoms with van der Waals surface area (Å²) in [7, 11) is -1.29. The summed E-state index contributed by atoms with van der Waals surface area (Å²) in [5.41, 5.74) is 6.48. The average Bonchev–Trinajstić information content (AvgIpc) is 3.00. The van der Waals surface area contributed by atoms with Crippen LogP contribution in [0.3, 0.4) is 0 Å². The molecule has 25 heavy (non-hydrogen) atoms. The van der Waals surface area contributed by atoms with Crippen molar-refractivity contribution in [2.24, 2.45) is 0 Å².